The normalized spacial score (nSPS) is 19.1. The van der Waals surface area contributed by atoms with Gasteiger partial charge in [0.25, 0.3) is 0 Å². The third-order valence-electron chi connectivity index (χ3n) is 2.45. The molecule has 0 amide bonds. The smallest absolute Gasteiger partial charge is 0.179 e. The molecule has 1 aliphatic heterocycles. The van der Waals surface area contributed by atoms with Crippen LogP contribution >= 0.6 is 0 Å². The van der Waals surface area contributed by atoms with Gasteiger partial charge in [0.2, 0.25) is 0 Å². The van der Waals surface area contributed by atoms with Gasteiger partial charge in [-0.15, -0.1) is 0 Å². The van der Waals surface area contributed by atoms with E-state index in [4.69, 9.17) is 0 Å². The number of hydrogen-bond donors (Lipinski definition) is 0. The van der Waals surface area contributed by atoms with Crippen molar-refractivity contribution in [2.45, 2.75) is 18.2 Å². The topological polar surface area (TPSA) is 51.2 Å². The van der Waals surface area contributed by atoms with Crippen molar-refractivity contribution < 1.29 is 13.2 Å². The second-order valence-electron chi connectivity index (χ2n) is 3.44. The first-order valence-corrected chi connectivity index (χ1v) is 6.03. The molecule has 1 aliphatic rings. The van der Waals surface area contributed by atoms with Gasteiger partial charge in [-0.2, -0.15) is 0 Å². The second-order valence-corrected chi connectivity index (χ2v) is 5.52. The molecule has 2 rings (SSSR count). The summed E-state index contributed by atoms with van der Waals surface area (Å²) in [5.41, 5.74) is 1.13. The van der Waals surface area contributed by atoms with E-state index in [1.165, 1.54) is 6.07 Å². The van der Waals surface area contributed by atoms with Crippen molar-refractivity contribution in [2.75, 3.05) is 5.75 Å². The average Bonchev–Trinajstić information content (AvgIpc) is 2.12. The van der Waals surface area contributed by atoms with Crippen LogP contribution in [0.3, 0.4) is 0 Å². The first-order chi connectivity index (χ1) is 6.52. The van der Waals surface area contributed by atoms with E-state index in [1.54, 1.807) is 19.1 Å². The van der Waals surface area contributed by atoms with Gasteiger partial charge in [-0.3, -0.25) is 4.79 Å². The Hall–Kier alpha value is -1.16. The standard InChI is InChI=1S/C10H10O3S/c1-7-3-2-4-9-10(7)8(11)5-6-14(9,12)13/h2-4H,5-6H2,1H3. The summed E-state index contributed by atoms with van der Waals surface area (Å²) in [7, 11) is -3.22. The maximum absolute atomic E-state index is 11.6. The minimum absolute atomic E-state index is 0.0533. The van der Waals surface area contributed by atoms with Crippen molar-refractivity contribution in [3.8, 4) is 0 Å². The minimum Gasteiger partial charge on any atom is -0.294 e. The third kappa shape index (κ3) is 1.26. The predicted octanol–water partition coefficient (Wildman–Crippen LogP) is 1.36. The monoisotopic (exact) mass is 210 g/mol. The van der Waals surface area contributed by atoms with Gasteiger partial charge >= 0.3 is 0 Å². The molecule has 0 N–H and O–H groups in total. The molecule has 14 heavy (non-hydrogen) atoms. The molecule has 0 fully saturated rings. The lowest BCUT2D eigenvalue weighted by Crippen LogP contribution is -2.22. The first kappa shape index (κ1) is 9.40. The number of fused-ring (bicyclic) bond motifs is 1. The second kappa shape index (κ2) is 2.92. The van der Waals surface area contributed by atoms with Crippen LogP contribution in [0, 0.1) is 6.92 Å². The maximum Gasteiger partial charge on any atom is 0.179 e. The quantitative estimate of drug-likeness (QED) is 0.649. The highest BCUT2D eigenvalue weighted by Crippen LogP contribution is 2.27. The van der Waals surface area contributed by atoms with Crippen LogP contribution in [0.15, 0.2) is 23.1 Å². The van der Waals surface area contributed by atoms with E-state index in [9.17, 15) is 13.2 Å². The largest absolute Gasteiger partial charge is 0.294 e. The minimum atomic E-state index is -3.22. The number of hydrogen-bond acceptors (Lipinski definition) is 3. The molecule has 1 aromatic carbocycles. The van der Waals surface area contributed by atoms with E-state index in [2.05, 4.69) is 0 Å². The molecular weight excluding hydrogens is 200 g/mol. The van der Waals surface area contributed by atoms with Crippen LogP contribution < -0.4 is 0 Å². The fourth-order valence-electron chi connectivity index (χ4n) is 1.72. The van der Waals surface area contributed by atoms with Gasteiger partial charge in [0.1, 0.15) is 0 Å². The molecule has 0 bridgehead atoms. The van der Waals surface area contributed by atoms with Gasteiger partial charge in [-0.1, -0.05) is 12.1 Å². The lowest BCUT2D eigenvalue weighted by atomic mass is 10.0. The van der Waals surface area contributed by atoms with Gasteiger partial charge in [0.15, 0.2) is 15.6 Å². The highest BCUT2D eigenvalue weighted by atomic mass is 32.2. The van der Waals surface area contributed by atoms with E-state index < -0.39 is 9.84 Å². The molecule has 1 aromatic rings. The number of carbonyl (C=O) groups excluding carboxylic acids is 1. The summed E-state index contributed by atoms with van der Waals surface area (Å²) in [6, 6.07) is 4.94. The summed E-state index contributed by atoms with van der Waals surface area (Å²) in [4.78, 5) is 11.7. The zero-order valence-corrected chi connectivity index (χ0v) is 8.60. The van der Waals surface area contributed by atoms with Gasteiger partial charge in [0.05, 0.1) is 10.6 Å². The highest BCUT2D eigenvalue weighted by Gasteiger charge is 2.29. The molecule has 1 heterocycles. The van der Waals surface area contributed by atoms with E-state index in [1.807, 2.05) is 0 Å². The Balaban J connectivity index is 2.82. The fraction of sp³-hybridized carbons (Fsp3) is 0.300. The van der Waals surface area contributed by atoms with Crippen molar-refractivity contribution in [2.24, 2.45) is 0 Å². The average molecular weight is 210 g/mol. The number of benzene rings is 1. The Morgan fingerprint density at radius 1 is 1.29 bits per heavy atom. The molecule has 0 atom stereocenters. The molecule has 0 saturated carbocycles. The zero-order valence-electron chi connectivity index (χ0n) is 7.78. The van der Waals surface area contributed by atoms with Crippen molar-refractivity contribution in [3.05, 3.63) is 29.3 Å². The molecule has 0 aliphatic carbocycles. The summed E-state index contributed by atoms with van der Waals surface area (Å²) in [6.07, 6.45) is 0.111. The number of carbonyl (C=O) groups is 1. The first-order valence-electron chi connectivity index (χ1n) is 4.38. The molecule has 0 aromatic heterocycles. The fourth-order valence-corrected chi connectivity index (χ4v) is 3.27. The van der Waals surface area contributed by atoms with Crippen molar-refractivity contribution in [1.82, 2.24) is 0 Å². The summed E-state index contributed by atoms with van der Waals surface area (Å²) in [5, 5.41) is 0. The van der Waals surface area contributed by atoms with E-state index in [-0.39, 0.29) is 22.9 Å². The summed E-state index contributed by atoms with van der Waals surface area (Å²) < 4.78 is 23.2. The van der Waals surface area contributed by atoms with Crippen LogP contribution in [-0.4, -0.2) is 20.0 Å². The van der Waals surface area contributed by atoms with Crippen molar-refractivity contribution in [3.63, 3.8) is 0 Å². The Morgan fingerprint density at radius 2 is 2.00 bits per heavy atom. The van der Waals surface area contributed by atoms with Crippen LogP contribution in [-0.2, 0) is 9.84 Å². The molecule has 3 nitrogen and oxygen atoms in total. The van der Waals surface area contributed by atoms with Crippen LogP contribution in [0.1, 0.15) is 22.3 Å². The van der Waals surface area contributed by atoms with Gasteiger partial charge < -0.3 is 0 Å². The Morgan fingerprint density at radius 3 is 2.64 bits per heavy atom. The summed E-state index contributed by atoms with van der Waals surface area (Å²) in [5.74, 6) is -0.115. The van der Waals surface area contributed by atoms with Crippen LogP contribution in [0.4, 0.5) is 0 Å². The lowest BCUT2D eigenvalue weighted by molar-refractivity contribution is 0.0982. The molecule has 0 spiro atoms. The lowest BCUT2D eigenvalue weighted by Gasteiger charge is -2.16. The van der Waals surface area contributed by atoms with Crippen molar-refractivity contribution in [1.29, 1.82) is 0 Å². The number of ketones is 1. The predicted molar refractivity (Wildman–Crippen MR) is 52.2 cm³/mol. The molecule has 0 radical (unpaired) electrons. The van der Waals surface area contributed by atoms with E-state index >= 15 is 0 Å². The van der Waals surface area contributed by atoms with Gasteiger partial charge in [0, 0.05) is 12.0 Å². The van der Waals surface area contributed by atoms with Crippen molar-refractivity contribution >= 4 is 15.6 Å². The number of aryl methyl sites for hydroxylation is 1. The van der Waals surface area contributed by atoms with Crippen LogP contribution in [0.2, 0.25) is 0 Å². The summed E-state index contributed by atoms with van der Waals surface area (Å²) in [6.45, 7) is 1.76. The SMILES string of the molecule is Cc1cccc2c1C(=O)CCS2(=O)=O. The molecule has 74 valence electrons. The Bertz CT molecular complexity index is 500. The highest BCUT2D eigenvalue weighted by molar-refractivity contribution is 7.91. The zero-order chi connectivity index (χ0) is 10.3. The Kier molecular flexibility index (Phi) is 1.96. The number of rotatable bonds is 0. The van der Waals surface area contributed by atoms with Crippen LogP contribution in [0.5, 0.6) is 0 Å². The maximum atomic E-state index is 11.6. The van der Waals surface area contributed by atoms with Gasteiger partial charge in [-0.25, -0.2) is 8.42 Å². The molecular formula is C10H10O3S. The number of sulfone groups is 1. The van der Waals surface area contributed by atoms with E-state index in [0.717, 1.165) is 5.56 Å². The molecule has 4 heteroatoms. The third-order valence-corrected chi connectivity index (χ3v) is 4.20. The van der Waals surface area contributed by atoms with E-state index in [0.29, 0.717) is 5.56 Å². The Labute approximate surface area is 82.7 Å². The number of Topliss-reactive ketones (excluding diaryl/α,β-unsaturated/α-hetero) is 1. The molecule has 0 saturated heterocycles. The van der Waals surface area contributed by atoms with Crippen LogP contribution in [0.25, 0.3) is 0 Å². The van der Waals surface area contributed by atoms with Gasteiger partial charge in [-0.05, 0) is 18.6 Å². The summed E-state index contributed by atoms with van der Waals surface area (Å²) >= 11 is 0. The molecule has 0 unspecified atom stereocenters.